The predicted octanol–water partition coefficient (Wildman–Crippen LogP) is 8.66. The van der Waals surface area contributed by atoms with Crippen molar-refractivity contribution >= 4 is 86.0 Å². The van der Waals surface area contributed by atoms with E-state index in [-0.39, 0.29) is 37.1 Å². The number of nitrogens with one attached hydrogen (secondary N) is 1. The number of nitrogens with zero attached hydrogens (tertiary/aromatic N) is 3. The quantitative estimate of drug-likeness (QED) is 0.156. The number of aliphatic imine (C=N–C) groups is 1. The van der Waals surface area contributed by atoms with Crippen molar-refractivity contribution in [2.24, 2.45) is 4.99 Å². The molecule has 0 aliphatic carbocycles. The van der Waals surface area contributed by atoms with Gasteiger partial charge in [-0.25, -0.2) is 0 Å². The number of amides is 2. The van der Waals surface area contributed by atoms with E-state index in [0.717, 1.165) is 59.3 Å². The number of ether oxygens (including phenoxy) is 4. The molecule has 4 heterocycles. The Morgan fingerprint density at radius 3 is 2.07 bits per heavy atom. The van der Waals surface area contributed by atoms with E-state index >= 15 is 0 Å². The molecule has 0 radical (unpaired) electrons. The molecule has 4 aliphatic heterocycles. The average Bonchev–Trinajstić information content (AvgIpc) is 3.70. The summed E-state index contributed by atoms with van der Waals surface area (Å²) in [6, 6.07) is 25.2. The van der Waals surface area contributed by atoms with Crippen molar-refractivity contribution in [3.05, 3.63) is 125 Å². The zero-order chi connectivity index (χ0) is 38.0. The molecule has 12 heteroatoms. The predicted molar refractivity (Wildman–Crippen MR) is 229 cm³/mol. The minimum Gasteiger partial charge on any atom is -0.493 e. The Bertz CT molecular complexity index is 2450. The summed E-state index contributed by atoms with van der Waals surface area (Å²) in [5.41, 5.74) is 9.55. The standard InChI is InChI=1S/C43H36I2N4O6/c1-23-26(21-54-38-17-32-30(15-36(38)52-2)42(50)48-28(19-46-32)13-24-8-4-6-10-34(24)48)12-27(41(45)40(23)44)22-55-39-18-33-31(16-37(39)53-3)43(51)49-29(20-47-33)14-25-9-5-7-11-35(25)49/h4-12,15-19,28-29,47H,13-14,20-22H2,1-3H3/t28-,29-/m0/s1. The van der Waals surface area contributed by atoms with Gasteiger partial charge in [-0.05, 0) is 111 Å². The van der Waals surface area contributed by atoms with Crippen LogP contribution in [0.5, 0.6) is 23.0 Å². The zero-order valence-electron chi connectivity index (χ0n) is 30.3. The van der Waals surface area contributed by atoms with Gasteiger partial charge in [0, 0.05) is 55.4 Å². The topological polar surface area (TPSA) is 102 Å². The molecular formula is C43H36I2N4O6. The van der Waals surface area contributed by atoms with Crippen LogP contribution >= 0.6 is 45.2 Å². The number of hydrogen-bond donors (Lipinski definition) is 1. The van der Waals surface area contributed by atoms with Gasteiger partial charge in [-0.3, -0.25) is 19.5 Å². The first-order valence-corrected chi connectivity index (χ1v) is 20.2. The van der Waals surface area contributed by atoms with Crippen LogP contribution in [0.3, 0.4) is 0 Å². The molecule has 10 nitrogen and oxygen atoms in total. The highest BCUT2D eigenvalue weighted by Crippen LogP contribution is 2.43. The van der Waals surface area contributed by atoms with Crippen molar-refractivity contribution in [3.63, 3.8) is 0 Å². The molecule has 2 amide bonds. The van der Waals surface area contributed by atoms with E-state index in [0.29, 0.717) is 46.4 Å². The van der Waals surface area contributed by atoms with Crippen LogP contribution in [-0.2, 0) is 26.1 Å². The lowest BCUT2D eigenvalue weighted by molar-refractivity contribution is 0.0976. The molecule has 4 aliphatic rings. The molecule has 5 aromatic rings. The number of benzene rings is 5. The van der Waals surface area contributed by atoms with Crippen LogP contribution in [0, 0.1) is 14.1 Å². The first-order chi connectivity index (χ1) is 26.7. The highest BCUT2D eigenvalue weighted by Gasteiger charge is 2.38. The summed E-state index contributed by atoms with van der Waals surface area (Å²) in [6.07, 6.45) is 3.38. The number of rotatable bonds is 8. The molecule has 0 fully saturated rings. The summed E-state index contributed by atoms with van der Waals surface area (Å²) in [6.45, 7) is 3.24. The monoisotopic (exact) mass is 958 g/mol. The molecule has 0 bridgehead atoms. The molecule has 0 unspecified atom stereocenters. The summed E-state index contributed by atoms with van der Waals surface area (Å²) >= 11 is 4.73. The summed E-state index contributed by atoms with van der Waals surface area (Å²) in [7, 11) is 3.16. The van der Waals surface area contributed by atoms with Crippen LogP contribution < -0.4 is 34.1 Å². The minimum atomic E-state index is -0.148. The van der Waals surface area contributed by atoms with E-state index in [1.165, 1.54) is 5.56 Å². The normalized spacial score (nSPS) is 17.5. The van der Waals surface area contributed by atoms with Gasteiger partial charge in [0.15, 0.2) is 23.0 Å². The van der Waals surface area contributed by atoms with Crippen molar-refractivity contribution < 1.29 is 28.5 Å². The first kappa shape index (κ1) is 35.8. The lowest BCUT2D eigenvalue weighted by atomic mass is 10.1. The number of carbonyl (C=O) groups is 2. The van der Waals surface area contributed by atoms with Crippen LogP contribution in [0.15, 0.2) is 83.9 Å². The highest BCUT2D eigenvalue weighted by molar-refractivity contribution is 14.1. The molecule has 5 aromatic carbocycles. The number of hydrogen-bond acceptors (Lipinski definition) is 8. The van der Waals surface area contributed by atoms with Gasteiger partial charge in [-0.15, -0.1) is 0 Å². The Hall–Kier alpha value is -4.83. The largest absolute Gasteiger partial charge is 0.493 e. The average molecular weight is 959 g/mol. The van der Waals surface area contributed by atoms with Crippen molar-refractivity contribution in [2.45, 2.75) is 45.1 Å². The summed E-state index contributed by atoms with van der Waals surface area (Å²) in [5, 5.41) is 3.51. The number of fused-ring (bicyclic) bond motifs is 8. The smallest absolute Gasteiger partial charge is 0.261 e. The lowest BCUT2D eigenvalue weighted by Crippen LogP contribution is -2.39. The lowest BCUT2D eigenvalue weighted by Gasteiger charge is -2.23. The van der Waals surface area contributed by atoms with Crippen molar-refractivity contribution in [1.82, 2.24) is 0 Å². The second-order valence-electron chi connectivity index (χ2n) is 14.0. The number of anilines is 3. The molecule has 278 valence electrons. The van der Waals surface area contributed by atoms with E-state index < -0.39 is 0 Å². The van der Waals surface area contributed by atoms with E-state index in [4.69, 9.17) is 23.9 Å². The van der Waals surface area contributed by atoms with Crippen molar-refractivity contribution in [3.8, 4) is 23.0 Å². The third-order valence-corrected chi connectivity index (χ3v) is 14.5. The van der Waals surface area contributed by atoms with Crippen molar-refractivity contribution in [2.75, 3.05) is 35.9 Å². The second-order valence-corrected chi connectivity index (χ2v) is 16.1. The summed E-state index contributed by atoms with van der Waals surface area (Å²) in [4.78, 5) is 36.3. The van der Waals surface area contributed by atoms with E-state index in [1.54, 1.807) is 32.4 Å². The number of para-hydroxylation sites is 2. The minimum absolute atomic E-state index is 0.0291. The molecular weight excluding hydrogens is 922 g/mol. The molecule has 1 N–H and O–H groups in total. The molecule has 0 spiro atoms. The summed E-state index contributed by atoms with van der Waals surface area (Å²) in [5.74, 6) is 1.83. The number of halogens is 2. The van der Waals surface area contributed by atoms with Gasteiger partial charge in [-0.2, -0.15) is 0 Å². The van der Waals surface area contributed by atoms with Crippen LogP contribution in [0.2, 0.25) is 0 Å². The van der Waals surface area contributed by atoms with Gasteiger partial charge in [0.1, 0.15) is 13.2 Å². The van der Waals surface area contributed by atoms with Crippen molar-refractivity contribution in [1.29, 1.82) is 0 Å². The van der Waals surface area contributed by atoms with Gasteiger partial charge >= 0.3 is 0 Å². The highest BCUT2D eigenvalue weighted by atomic mass is 127. The van der Waals surface area contributed by atoms with Gasteiger partial charge in [-0.1, -0.05) is 36.4 Å². The Kier molecular flexibility index (Phi) is 9.35. The third kappa shape index (κ3) is 6.17. The molecule has 0 aromatic heterocycles. The van der Waals surface area contributed by atoms with E-state index in [1.807, 2.05) is 58.5 Å². The van der Waals surface area contributed by atoms with E-state index in [9.17, 15) is 9.59 Å². The van der Waals surface area contributed by atoms with Crippen LogP contribution in [0.25, 0.3) is 0 Å². The van der Waals surface area contributed by atoms with Gasteiger partial charge in [0.25, 0.3) is 11.8 Å². The summed E-state index contributed by atoms with van der Waals surface area (Å²) < 4.78 is 26.6. The van der Waals surface area contributed by atoms with E-state index in [2.05, 4.69) is 75.6 Å². The van der Waals surface area contributed by atoms with Gasteiger partial charge in [0.05, 0.1) is 48.8 Å². The Balaban J connectivity index is 0.953. The Morgan fingerprint density at radius 1 is 0.727 bits per heavy atom. The molecule has 9 rings (SSSR count). The Labute approximate surface area is 346 Å². The number of methoxy groups -OCH3 is 2. The first-order valence-electron chi connectivity index (χ1n) is 18.0. The fourth-order valence-corrected chi connectivity index (χ4v) is 9.40. The molecule has 2 atom stereocenters. The maximum Gasteiger partial charge on any atom is 0.261 e. The molecule has 55 heavy (non-hydrogen) atoms. The fraction of sp³-hybridized carbons (Fsp3) is 0.233. The van der Waals surface area contributed by atoms with Crippen LogP contribution in [0.4, 0.5) is 22.7 Å². The number of carbonyl (C=O) groups excluding carboxylic acids is 2. The maximum atomic E-state index is 13.9. The third-order valence-electron chi connectivity index (χ3n) is 10.9. The zero-order valence-corrected chi connectivity index (χ0v) is 34.6. The second kappa shape index (κ2) is 14.3. The van der Waals surface area contributed by atoms with Gasteiger partial charge in [0.2, 0.25) is 0 Å². The molecule has 0 saturated heterocycles. The van der Waals surface area contributed by atoms with Crippen LogP contribution in [0.1, 0.15) is 48.5 Å². The fourth-order valence-electron chi connectivity index (χ4n) is 8.00. The maximum absolute atomic E-state index is 13.9. The van der Waals surface area contributed by atoms with Gasteiger partial charge < -0.3 is 29.2 Å². The van der Waals surface area contributed by atoms with Crippen LogP contribution in [-0.4, -0.2) is 50.9 Å². The Morgan fingerprint density at radius 2 is 1.35 bits per heavy atom. The molecule has 0 saturated carbocycles. The SMILES string of the molecule is COc1cc2c(cc1OCc1cc(COc3cc4c(cc3OC)C(=O)N3c5ccccc5C[C@H]3CN4)c(I)c(I)c1C)N=C[C@@H]1Cc3ccccc3N1C2=O.